The molecule has 1 aromatic carbocycles. The number of aromatic nitrogens is 2. The highest BCUT2D eigenvalue weighted by atomic mass is 16.4. The van der Waals surface area contributed by atoms with Crippen molar-refractivity contribution in [2.45, 2.75) is 18.9 Å². The molecular weight excluding hydrogens is 254 g/mol. The van der Waals surface area contributed by atoms with Crippen LogP contribution in [-0.4, -0.2) is 33.6 Å². The van der Waals surface area contributed by atoms with Crippen LogP contribution in [0.1, 0.15) is 23.2 Å². The van der Waals surface area contributed by atoms with Crippen molar-refractivity contribution in [3.05, 3.63) is 42.7 Å². The normalized spacial score (nSPS) is 14.2. The van der Waals surface area contributed by atoms with E-state index in [2.05, 4.69) is 21.4 Å². The Morgan fingerprint density at radius 3 is 2.90 bits per heavy atom. The maximum Gasteiger partial charge on any atom is 0.335 e. The number of anilines is 1. The Morgan fingerprint density at radius 2 is 2.25 bits per heavy atom. The van der Waals surface area contributed by atoms with Gasteiger partial charge >= 0.3 is 5.97 Å². The van der Waals surface area contributed by atoms with Crippen LogP contribution in [0.5, 0.6) is 0 Å². The summed E-state index contributed by atoms with van der Waals surface area (Å²) in [5.74, 6) is -0.0912. The lowest BCUT2D eigenvalue weighted by Crippen LogP contribution is -2.26. The van der Waals surface area contributed by atoms with Crippen LogP contribution < -0.4 is 4.90 Å². The Hall–Kier alpha value is -2.43. The van der Waals surface area contributed by atoms with Crippen LogP contribution in [-0.2, 0) is 0 Å². The molecule has 1 aliphatic carbocycles. The summed E-state index contributed by atoms with van der Waals surface area (Å²) in [5.41, 5.74) is 0.897. The average molecular weight is 269 g/mol. The Bertz CT molecular complexity index is 680. The van der Waals surface area contributed by atoms with Gasteiger partial charge in [0, 0.05) is 18.0 Å². The van der Waals surface area contributed by atoms with Gasteiger partial charge in [0.1, 0.15) is 12.1 Å². The maximum absolute atomic E-state index is 11.0. The van der Waals surface area contributed by atoms with E-state index in [0.717, 1.165) is 30.6 Å². The van der Waals surface area contributed by atoms with Crippen LogP contribution in [0.4, 0.5) is 5.82 Å². The molecule has 2 aromatic rings. The lowest BCUT2D eigenvalue weighted by atomic mass is 10.1. The van der Waals surface area contributed by atoms with Crippen molar-refractivity contribution in [3.63, 3.8) is 0 Å². The van der Waals surface area contributed by atoms with E-state index in [1.165, 1.54) is 6.33 Å². The number of hydrogen-bond acceptors (Lipinski definition) is 4. The fourth-order valence-corrected chi connectivity index (χ4v) is 2.34. The Labute approximate surface area is 116 Å². The van der Waals surface area contributed by atoms with Gasteiger partial charge in [-0.1, -0.05) is 6.08 Å². The predicted molar refractivity (Wildman–Crippen MR) is 77.1 cm³/mol. The zero-order valence-electron chi connectivity index (χ0n) is 11.0. The summed E-state index contributed by atoms with van der Waals surface area (Å²) in [5, 5.41) is 9.92. The Morgan fingerprint density at radius 1 is 1.45 bits per heavy atom. The summed E-state index contributed by atoms with van der Waals surface area (Å²) in [6.45, 7) is 4.52. The van der Waals surface area contributed by atoms with E-state index in [1.807, 2.05) is 6.08 Å². The maximum atomic E-state index is 11.0. The first-order valence-electron chi connectivity index (χ1n) is 6.56. The van der Waals surface area contributed by atoms with Crippen molar-refractivity contribution >= 4 is 22.7 Å². The number of aromatic carboxylic acids is 1. The van der Waals surface area contributed by atoms with E-state index < -0.39 is 5.97 Å². The first kappa shape index (κ1) is 12.6. The molecule has 0 aliphatic heterocycles. The number of hydrogen-bond donors (Lipinski definition) is 1. The average Bonchev–Trinajstić information content (AvgIpc) is 3.28. The van der Waals surface area contributed by atoms with Gasteiger partial charge in [0.05, 0.1) is 11.1 Å². The largest absolute Gasteiger partial charge is 0.478 e. The van der Waals surface area contributed by atoms with Crippen LogP contribution in [0.2, 0.25) is 0 Å². The molecule has 1 saturated carbocycles. The standard InChI is InChI=1S/C15H15N3O2/c1-2-7-18(11-4-5-11)14-12-6-3-10(15(19)20)8-13(12)16-9-17-14/h2-3,6,8-9,11H,1,4-5,7H2,(H,19,20). The van der Waals surface area contributed by atoms with E-state index in [9.17, 15) is 4.79 Å². The molecule has 1 fully saturated rings. The summed E-state index contributed by atoms with van der Waals surface area (Å²) in [6.07, 6.45) is 5.67. The number of carbonyl (C=O) groups is 1. The highest BCUT2D eigenvalue weighted by molar-refractivity contribution is 5.96. The second kappa shape index (κ2) is 4.92. The summed E-state index contributed by atoms with van der Waals surface area (Å²) in [4.78, 5) is 21.8. The smallest absolute Gasteiger partial charge is 0.335 e. The molecule has 0 spiro atoms. The van der Waals surface area contributed by atoms with Gasteiger partial charge in [-0.05, 0) is 31.0 Å². The van der Waals surface area contributed by atoms with Gasteiger partial charge in [0.15, 0.2) is 0 Å². The second-order valence-electron chi connectivity index (χ2n) is 4.91. The van der Waals surface area contributed by atoms with Crippen LogP contribution >= 0.6 is 0 Å². The molecule has 3 rings (SSSR count). The number of carboxylic acids is 1. The zero-order chi connectivity index (χ0) is 14.1. The zero-order valence-corrected chi connectivity index (χ0v) is 11.0. The highest BCUT2D eigenvalue weighted by Gasteiger charge is 2.30. The molecule has 0 bridgehead atoms. The monoisotopic (exact) mass is 269 g/mol. The number of nitrogens with zero attached hydrogens (tertiary/aromatic N) is 3. The fourth-order valence-electron chi connectivity index (χ4n) is 2.34. The minimum atomic E-state index is -0.947. The first-order chi connectivity index (χ1) is 9.70. The molecule has 0 unspecified atom stereocenters. The quantitative estimate of drug-likeness (QED) is 0.845. The molecule has 1 aliphatic rings. The molecule has 0 amide bonds. The molecular formula is C15H15N3O2. The minimum Gasteiger partial charge on any atom is -0.478 e. The van der Waals surface area contributed by atoms with Crippen LogP contribution in [0.25, 0.3) is 10.9 Å². The number of carboxylic acid groups (broad SMARTS) is 1. The van der Waals surface area contributed by atoms with Crippen molar-refractivity contribution in [1.82, 2.24) is 9.97 Å². The lowest BCUT2D eigenvalue weighted by Gasteiger charge is -2.22. The topological polar surface area (TPSA) is 66.3 Å². The fraction of sp³-hybridized carbons (Fsp3) is 0.267. The molecule has 0 saturated heterocycles. The second-order valence-corrected chi connectivity index (χ2v) is 4.91. The van der Waals surface area contributed by atoms with E-state index >= 15 is 0 Å². The minimum absolute atomic E-state index is 0.240. The van der Waals surface area contributed by atoms with Crippen molar-refractivity contribution in [2.24, 2.45) is 0 Å². The molecule has 5 heteroatoms. The van der Waals surface area contributed by atoms with E-state index in [-0.39, 0.29) is 5.56 Å². The van der Waals surface area contributed by atoms with Gasteiger partial charge in [-0.3, -0.25) is 0 Å². The SMILES string of the molecule is C=CCN(c1ncnc2cc(C(=O)O)ccc12)C1CC1. The van der Waals surface area contributed by atoms with Gasteiger partial charge in [-0.15, -0.1) is 6.58 Å². The van der Waals surface area contributed by atoms with Crippen LogP contribution in [0.15, 0.2) is 37.2 Å². The third kappa shape index (κ3) is 2.22. The van der Waals surface area contributed by atoms with Gasteiger partial charge in [0.2, 0.25) is 0 Å². The van der Waals surface area contributed by atoms with Gasteiger partial charge < -0.3 is 10.0 Å². The summed E-state index contributed by atoms with van der Waals surface area (Å²) >= 11 is 0. The van der Waals surface area contributed by atoms with E-state index in [1.54, 1.807) is 18.2 Å². The van der Waals surface area contributed by atoms with Crippen molar-refractivity contribution < 1.29 is 9.90 Å². The van der Waals surface area contributed by atoms with Crippen LogP contribution in [0, 0.1) is 0 Å². The number of fused-ring (bicyclic) bond motifs is 1. The highest BCUT2D eigenvalue weighted by Crippen LogP contribution is 2.33. The van der Waals surface area contributed by atoms with E-state index in [4.69, 9.17) is 5.11 Å². The summed E-state index contributed by atoms with van der Waals surface area (Å²) < 4.78 is 0. The van der Waals surface area contributed by atoms with Gasteiger partial charge in [-0.2, -0.15) is 0 Å². The summed E-state index contributed by atoms with van der Waals surface area (Å²) in [6, 6.07) is 5.47. The molecule has 0 atom stereocenters. The third-order valence-electron chi connectivity index (χ3n) is 3.45. The van der Waals surface area contributed by atoms with Crippen molar-refractivity contribution in [3.8, 4) is 0 Å². The molecule has 0 radical (unpaired) electrons. The predicted octanol–water partition coefficient (Wildman–Crippen LogP) is 2.48. The first-order valence-corrected chi connectivity index (χ1v) is 6.56. The number of rotatable bonds is 5. The third-order valence-corrected chi connectivity index (χ3v) is 3.45. The molecule has 1 aromatic heterocycles. The molecule has 102 valence electrons. The molecule has 20 heavy (non-hydrogen) atoms. The summed E-state index contributed by atoms with van der Waals surface area (Å²) in [7, 11) is 0. The van der Waals surface area contributed by atoms with Gasteiger partial charge in [0.25, 0.3) is 0 Å². The Kier molecular flexibility index (Phi) is 3.10. The van der Waals surface area contributed by atoms with Crippen molar-refractivity contribution in [1.29, 1.82) is 0 Å². The van der Waals surface area contributed by atoms with E-state index in [0.29, 0.717) is 11.6 Å². The van der Waals surface area contributed by atoms with Gasteiger partial charge in [-0.25, -0.2) is 14.8 Å². The molecule has 1 heterocycles. The number of benzene rings is 1. The molecule has 1 N–H and O–H groups in total. The Balaban J connectivity index is 2.10. The lowest BCUT2D eigenvalue weighted by molar-refractivity contribution is 0.0697. The van der Waals surface area contributed by atoms with Crippen LogP contribution in [0.3, 0.4) is 0 Å². The van der Waals surface area contributed by atoms with Crippen molar-refractivity contribution in [2.75, 3.05) is 11.4 Å². The molecule has 5 nitrogen and oxygen atoms in total.